The zero-order chi connectivity index (χ0) is 69.2. The summed E-state index contributed by atoms with van der Waals surface area (Å²) in [6.45, 7) is -0.423. The molecule has 0 aromatic carbocycles. The predicted octanol–water partition coefficient (Wildman–Crippen LogP) is -15.3. The SMILES string of the molecule is CC(=O)N[C@@H]1[C@@H](O[C@@H]2O[C@@H](C)[C@@H](O)[C@@H](O)[C@@H]2O)[C@H](O[C@@H]2O[C@H](CO)[C@@H](O[C@@H]3O[C@H](CO[C@H]4O[C@H](CO)[C@@H](O)[C@H](O)[C@@H]4O[C@@H]4O[C@H](CO)[C@@H](O[C@@H]5O[C@@H](C)[C@@H](O)[C@@H](O)[C@@H]5O)[C@H](O)[C@H]4NC(C)=O)[C@@H](O)[C@H](O)[C@@H]3O[C@@H]3O[C@H](CO)[C@H](O)[C@H]3O)[C@H](O)[C@H]2NC(C)=O)[C@@H](CO)O[C@H]1O. The molecule has 41 heteroatoms. The fourth-order valence-corrected chi connectivity index (χ4v) is 12.2. The fourth-order valence-electron chi connectivity index (χ4n) is 12.2. The summed E-state index contributed by atoms with van der Waals surface area (Å²) < 4.78 is 88.6. The second-order valence-electron chi connectivity index (χ2n) is 24.1. The van der Waals surface area contributed by atoms with Crippen LogP contribution in [0.2, 0.25) is 0 Å². The molecule has 0 aromatic rings. The second kappa shape index (κ2) is 33.0. The van der Waals surface area contributed by atoms with E-state index in [1.54, 1.807) is 0 Å². The number of amides is 3. The van der Waals surface area contributed by atoms with Gasteiger partial charge in [-0.3, -0.25) is 14.4 Å². The van der Waals surface area contributed by atoms with Gasteiger partial charge in [0.15, 0.2) is 50.3 Å². The maximum absolute atomic E-state index is 13.0. The first-order valence-electron chi connectivity index (χ1n) is 30.2. The Kier molecular flexibility index (Phi) is 26.9. The molecule has 0 unspecified atom stereocenters. The van der Waals surface area contributed by atoms with Gasteiger partial charge in [0, 0.05) is 20.8 Å². The Bertz CT molecular complexity index is 2420. The molecule has 39 atom stereocenters. The largest absolute Gasteiger partial charge is 0.394 e. The standard InChI is InChI=1S/C53H89N3O38/c1-12-26(65)33(72)38(77)49(81-12)89-40-19(8-59)87-48(24(31(40)70)55-15(4)63)93-44-35(74)28(67)17(6-57)85-52(44)80-11-22-30(69)36(75)45(94-51-37(76)29(68)18(7-58)84-51)53(88-22)90-41-20(9-60)86-47(23(32(41)71)54-14(3)62)91-42-21(10-61)83-46(79)25(56-16(5)64)43(42)92-50-39(78)34(73)27(66)13(2)82-50/h12-13,17-53,57-61,65-79H,6-11H2,1-5H3,(H,54,62)(H,55,63)(H,56,64)/t12-,13-,17+,18+,19+,20+,21+,22+,23+,24+,25+,26+,27+,28+,29-,30+,31+,32+,33+,34+,35-,36-,37+,38-,39-,40+,41+,42+,43+,44-,45-,46+,47-,48-,49-,50-,51-,52-,53-/m0/s1. The summed E-state index contributed by atoms with van der Waals surface area (Å²) in [6.07, 6.45) is -67.7. The lowest BCUT2D eigenvalue weighted by atomic mass is 9.93. The summed E-state index contributed by atoms with van der Waals surface area (Å²) in [7, 11) is 0. The molecule has 8 fully saturated rings. The molecule has 544 valence electrons. The van der Waals surface area contributed by atoms with Crippen molar-refractivity contribution in [1.82, 2.24) is 16.0 Å². The second-order valence-corrected chi connectivity index (χ2v) is 24.1. The molecule has 0 spiro atoms. The van der Waals surface area contributed by atoms with E-state index in [1.165, 1.54) is 13.8 Å². The first kappa shape index (κ1) is 76.8. The molecule has 0 radical (unpaired) electrons. The number of ether oxygens (including phenoxy) is 15. The Morgan fingerprint density at radius 1 is 0.298 bits per heavy atom. The highest BCUT2D eigenvalue weighted by atomic mass is 16.8. The third-order valence-corrected chi connectivity index (χ3v) is 17.4. The van der Waals surface area contributed by atoms with Crippen molar-refractivity contribution in [3.05, 3.63) is 0 Å². The average molecular weight is 1380 g/mol. The van der Waals surface area contributed by atoms with Crippen LogP contribution in [0, 0.1) is 0 Å². The van der Waals surface area contributed by atoms with Gasteiger partial charge in [0.05, 0.1) is 51.8 Å². The van der Waals surface area contributed by atoms with Crippen molar-refractivity contribution >= 4 is 17.7 Å². The van der Waals surface area contributed by atoms with Gasteiger partial charge in [-0.2, -0.15) is 0 Å². The van der Waals surface area contributed by atoms with Gasteiger partial charge in [-0.05, 0) is 13.8 Å². The number of aliphatic hydroxyl groups is 20. The van der Waals surface area contributed by atoms with E-state index in [2.05, 4.69) is 16.0 Å². The Morgan fingerprint density at radius 3 is 1.07 bits per heavy atom. The lowest BCUT2D eigenvalue weighted by Crippen LogP contribution is -2.71. The first-order chi connectivity index (χ1) is 44.4. The van der Waals surface area contributed by atoms with Gasteiger partial charge < -0.3 is 189 Å². The molecule has 0 aromatic heterocycles. The third kappa shape index (κ3) is 16.6. The van der Waals surface area contributed by atoms with Crippen LogP contribution in [0.3, 0.4) is 0 Å². The maximum atomic E-state index is 13.0. The minimum absolute atomic E-state index is 0.802. The lowest BCUT2D eigenvalue weighted by Gasteiger charge is -2.51. The minimum atomic E-state index is -2.30. The van der Waals surface area contributed by atoms with Crippen LogP contribution in [-0.2, 0) is 85.4 Å². The average Bonchev–Trinajstić information content (AvgIpc) is 0.894. The zero-order valence-corrected chi connectivity index (χ0v) is 51.1. The molecule has 8 saturated heterocycles. The Balaban J connectivity index is 1.07. The molecule has 3 amide bonds. The quantitative estimate of drug-likeness (QED) is 0.0452. The summed E-state index contributed by atoms with van der Waals surface area (Å²) >= 11 is 0. The number of hydrogen-bond donors (Lipinski definition) is 23. The molecule has 8 aliphatic rings. The van der Waals surface area contributed by atoms with E-state index in [1.807, 2.05) is 0 Å². The molecule has 0 saturated carbocycles. The van der Waals surface area contributed by atoms with Crippen LogP contribution < -0.4 is 16.0 Å². The van der Waals surface area contributed by atoms with Gasteiger partial charge in [-0.25, -0.2) is 0 Å². The molecule has 94 heavy (non-hydrogen) atoms. The van der Waals surface area contributed by atoms with Crippen molar-refractivity contribution < 1.29 is 188 Å². The molecule has 23 N–H and O–H groups in total. The van der Waals surface area contributed by atoms with Crippen LogP contribution in [-0.4, -0.2) is 399 Å². The van der Waals surface area contributed by atoms with Crippen molar-refractivity contribution in [2.45, 2.75) is 274 Å². The molecule has 0 aliphatic carbocycles. The van der Waals surface area contributed by atoms with Crippen LogP contribution >= 0.6 is 0 Å². The van der Waals surface area contributed by atoms with E-state index in [-0.39, 0.29) is 0 Å². The summed E-state index contributed by atoms with van der Waals surface area (Å²) in [5, 5.41) is 226. The Morgan fingerprint density at radius 2 is 0.617 bits per heavy atom. The number of hydrogen-bond acceptors (Lipinski definition) is 38. The van der Waals surface area contributed by atoms with Crippen LogP contribution in [0.5, 0.6) is 0 Å². The molecular formula is C53H89N3O38. The molecule has 8 aliphatic heterocycles. The number of nitrogens with one attached hydrogen (secondary N) is 3. The number of rotatable bonds is 23. The van der Waals surface area contributed by atoms with E-state index in [0.717, 1.165) is 20.8 Å². The van der Waals surface area contributed by atoms with Crippen molar-refractivity contribution in [3.8, 4) is 0 Å². The Hall–Kier alpha value is -2.99. The molecule has 8 rings (SSSR count). The topological polar surface area (TPSA) is 630 Å². The first-order valence-corrected chi connectivity index (χ1v) is 30.2. The van der Waals surface area contributed by atoms with Crippen LogP contribution in [0.4, 0.5) is 0 Å². The maximum Gasteiger partial charge on any atom is 0.217 e. The Labute approximate surface area is 533 Å². The van der Waals surface area contributed by atoms with Crippen LogP contribution in [0.25, 0.3) is 0 Å². The van der Waals surface area contributed by atoms with Crippen molar-refractivity contribution in [1.29, 1.82) is 0 Å². The van der Waals surface area contributed by atoms with E-state index >= 15 is 0 Å². The van der Waals surface area contributed by atoms with Crippen molar-refractivity contribution in [2.75, 3.05) is 39.6 Å². The molecule has 8 heterocycles. The highest BCUT2D eigenvalue weighted by Gasteiger charge is 2.60. The summed E-state index contributed by atoms with van der Waals surface area (Å²) in [5.74, 6) is -2.55. The van der Waals surface area contributed by atoms with Gasteiger partial charge in [0.2, 0.25) is 17.7 Å². The third-order valence-electron chi connectivity index (χ3n) is 17.4. The van der Waals surface area contributed by atoms with Gasteiger partial charge >= 0.3 is 0 Å². The molecule has 0 bridgehead atoms. The summed E-state index contributed by atoms with van der Waals surface area (Å²) in [4.78, 5) is 38.3. The van der Waals surface area contributed by atoms with Crippen molar-refractivity contribution in [2.24, 2.45) is 0 Å². The van der Waals surface area contributed by atoms with E-state index < -0.39 is 297 Å². The van der Waals surface area contributed by atoms with Gasteiger partial charge in [0.1, 0.15) is 177 Å². The van der Waals surface area contributed by atoms with Gasteiger partial charge in [0.25, 0.3) is 0 Å². The van der Waals surface area contributed by atoms with E-state index in [0.29, 0.717) is 0 Å². The summed E-state index contributed by atoms with van der Waals surface area (Å²) in [6, 6.07) is -5.33. The van der Waals surface area contributed by atoms with E-state index in [9.17, 15) is 117 Å². The molecule has 41 nitrogen and oxygen atoms in total. The number of carbonyl (C=O) groups is 3. The highest BCUT2D eigenvalue weighted by molar-refractivity contribution is 5.74. The number of aliphatic hydroxyl groups excluding tert-OH is 20. The summed E-state index contributed by atoms with van der Waals surface area (Å²) in [5.41, 5.74) is 0. The highest BCUT2D eigenvalue weighted by Crippen LogP contribution is 2.39. The molecular weight excluding hydrogens is 1290 g/mol. The minimum Gasteiger partial charge on any atom is -0.394 e. The van der Waals surface area contributed by atoms with Crippen LogP contribution in [0.1, 0.15) is 34.6 Å². The van der Waals surface area contributed by atoms with E-state index in [4.69, 9.17) is 71.1 Å². The zero-order valence-electron chi connectivity index (χ0n) is 51.1. The van der Waals surface area contributed by atoms with Crippen molar-refractivity contribution in [3.63, 3.8) is 0 Å². The van der Waals surface area contributed by atoms with Crippen LogP contribution in [0.15, 0.2) is 0 Å². The predicted molar refractivity (Wildman–Crippen MR) is 290 cm³/mol. The normalized spacial score (nSPS) is 50.2. The fraction of sp³-hybridized carbons (Fsp3) is 0.943. The van der Waals surface area contributed by atoms with Gasteiger partial charge in [-0.1, -0.05) is 0 Å². The smallest absolute Gasteiger partial charge is 0.217 e. The van der Waals surface area contributed by atoms with Gasteiger partial charge in [-0.15, -0.1) is 0 Å². The monoisotopic (exact) mass is 1380 g/mol. The number of carbonyl (C=O) groups excluding carboxylic acids is 3. The lowest BCUT2D eigenvalue weighted by molar-refractivity contribution is -0.388.